The number of rotatable bonds is 6. The van der Waals surface area contributed by atoms with Crippen LogP contribution in [0.5, 0.6) is 0 Å². The fraction of sp³-hybridized carbons (Fsp3) is 0.375. The standard InChI is InChI=1S/C16H22N2O2/c1-12(2)6-4-7-13(3)10-11-17-16(20)14-8-5-9-15(19)18-14/h5-6,8-10H,4,7,11H2,1-3H3,(H,17,20)(H,18,19). The molecular formula is C16H22N2O2. The van der Waals surface area contributed by atoms with Gasteiger partial charge in [-0.2, -0.15) is 0 Å². The fourth-order valence-corrected chi connectivity index (χ4v) is 1.68. The smallest absolute Gasteiger partial charge is 0.268 e. The molecule has 4 nitrogen and oxygen atoms in total. The summed E-state index contributed by atoms with van der Waals surface area (Å²) >= 11 is 0. The molecule has 0 radical (unpaired) electrons. The molecule has 0 saturated carbocycles. The first-order chi connectivity index (χ1) is 9.49. The zero-order valence-corrected chi connectivity index (χ0v) is 12.3. The van der Waals surface area contributed by atoms with Crippen LogP contribution in [0.3, 0.4) is 0 Å². The van der Waals surface area contributed by atoms with Crippen molar-refractivity contribution in [2.24, 2.45) is 0 Å². The molecule has 0 aliphatic rings. The van der Waals surface area contributed by atoms with Crippen LogP contribution in [-0.2, 0) is 0 Å². The van der Waals surface area contributed by atoms with Gasteiger partial charge in [-0.15, -0.1) is 0 Å². The first-order valence-electron chi connectivity index (χ1n) is 6.75. The summed E-state index contributed by atoms with van der Waals surface area (Å²) < 4.78 is 0. The summed E-state index contributed by atoms with van der Waals surface area (Å²) in [6, 6.07) is 4.53. The Morgan fingerprint density at radius 2 is 2.00 bits per heavy atom. The normalized spacial score (nSPS) is 11.1. The molecule has 108 valence electrons. The Morgan fingerprint density at radius 1 is 1.25 bits per heavy atom. The Morgan fingerprint density at radius 3 is 2.65 bits per heavy atom. The largest absolute Gasteiger partial charge is 0.347 e. The van der Waals surface area contributed by atoms with Crippen molar-refractivity contribution < 1.29 is 4.79 Å². The Hall–Kier alpha value is -2.10. The highest BCUT2D eigenvalue weighted by molar-refractivity contribution is 5.92. The van der Waals surface area contributed by atoms with Crippen molar-refractivity contribution in [3.05, 3.63) is 57.5 Å². The molecule has 0 saturated heterocycles. The highest BCUT2D eigenvalue weighted by Crippen LogP contribution is 2.05. The van der Waals surface area contributed by atoms with Crippen LogP contribution >= 0.6 is 0 Å². The lowest BCUT2D eigenvalue weighted by atomic mass is 10.1. The van der Waals surface area contributed by atoms with E-state index in [1.54, 1.807) is 12.1 Å². The second kappa shape index (κ2) is 8.15. The number of carbonyl (C=O) groups is 1. The molecule has 0 spiro atoms. The van der Waals surface area contributed by atoms with E-state index in [0.717, 1.165) is 12.8 Å². The van der Waals surface area contributed by atoms with Crippen LogP contribution in [0.2, 0.25) is 0 Å². The SMILES string of the molecule is CC(C)=CCCC(C)=CCNC(=O)c1cccc(=O)[nH]1. The number of nitrogens with one attached hydrogen (secondary N) is 2. The van der Waals surface area contributed by atoms with Gasteiger partial charge in [0.1, 0.15) is 5.69 Å². The zero-order chi connectivity index (χ0) is 15.0. The van der Waals surface area contributed by atoms with Gasteiger partial charge in [0.2, 0.25) is 5.56 Å². The van der Waals surface area contributed by atoms with Crippen molar-refractivity contribution >= 4 is 5.91 Å². The van der Waals surface area contributed by atoms with E-state index in [1.165, 1.54) is 17.2 Å². The summed E-state index contributed by atoms with van der Waals surface area (Å²) in [5, 5.41) is 2.76. The average molecular weight is 274 g/mol. The van der Waals surface area contributed by atoms with Gasteiger partial charge in [-0.25, -0.2) is 0 Å². The van der Waals surface area contributed by atoms with Crippen LogP contribution in [0.1, 0.15) is 44.1 Å². The fourth-order valence-electron chi connectivity index (χ4n) is 1.68. The summed E-state index contributed by atoms with van der Waals surface area (Å²) in [6.45, 7) is 6.69. The second-order valence-corrected chi connectivity index (χ2v) is 5.01. The van der Waals surface area contributed by atoms with Gasteiger partial charge in [0.15, 0.2) is 0 Å². The topological polar surface area (TPSA) is 62.0 Å². The third-order valence-corrected chi connectivity index (χ3v) is 2.82. The van der Waals surface area contributed by atoms with Crippen LogP contribution in [0.4, 0.5) is 0 Å². The van der Waals surface area contributed by atoms with Gasteiger partial charge in [-0.05, 0) is 39.7 Å². The van der Waals surface area contributed by atoms with Crippen LogP contribution in [-0.4, -0.2) is 17.4 Å². The first kappa shape index (κ1) is 16.0. The van der Waals surface area contributed by atoms with Gasteiger partial charge in [0.05, 0.1) is 0 Å². The van der Waals surface area contributed by atoms with Gasteiger partial charge in [-0.1, -0.05) is 29.4 Å². The summed E-state index contributed by atoms with van der Waals surface area (Å²) in [5.41, 5.74) is 2.57. The number of hydrogen-bond donors (Lipinski definition) is 2. The van der Waals surface area contributed by atoms with E-state index in [1.807, 2.05) is 6.08 Å². The van der Waals surface area contributed by atoms with Crippen LogP contribution < -0.4 is 10.9 Å². The number of amides is 1. The van der Waals surface area contributed by atoms with Crippen molar-refractivity contribution in [3.63, 3.8) is 0 Å². The van der Waals surface area contributed by atoms with E-state index in [2.05, 4.69) is 37.1 Å². The molecule has 1 heterocycles. The second-order valence-electron chi connectivity index (χ2n) is 5.01. The molecule has 1 amide bonds. The molecule has 1 aromatic heterocycles. The van der Waals surface area contributed by atoms with Crippen LogP contribution in [0.25, 0.3) is 0 Å². The average Bonchev–Trinajstić information content (AvgIpc) is 2.38. The highest BCUT2D eigenvalue weighted by Gasteiger charge is 2.03. The molecule has 0 aliphatic heterocycles. The molecular weight excluding hydrogens is 252 g/mol. The van der Waals surface area contributed by atoms with E-state index >= 15 is 0 Å². The van der Waals surface area contributed by atoms with Crippen molar-refractivity contribution in [2.75, 3.05) is 6.54 Å². The summed E-state index contributed by atoms with van der Waals surface area (Å²) in [4.78, 5) is 25.4. The van der Waals surface area contributed by atoms with Gasteiger partial charge < -0.3 is 10.3 Å². The lowest BCUT2D eigenvalue weighted by molar-refractivity contribution is 0.0952. The molecule has 0 atom stereocenters. The number of allylic oxidation sites excluding steroid dienone is 3. The van der Waals surface area contributed by atoms with E-state index in [4.69, 9.17) is 0 Å². The molecule has 2 N–H and O–H groups in total. The van der Waals surface area contributed by atoms with E-state index in [0.29, 0.717) is 6.54 Å². The molecule has 0 unspecified atom stereocenters. The number of H-pyrrole nitrogens is 1. The van der Waals surface area contributed by atoms with Gasteiger partial charge >= 0.3 is 0 Å². The molecule has 0 aromatic carbocycles. The molecule has 1 rings (SSSR count). The minimum absolute atomic E-state index is 0.268. The molecule has 0 aliphatic carbocycles. The zero-order valence-electron chi connectivity index (χ0n) is 12.3. The number of aromatic amines is 1. The maximum absolute atomic E-state index is 11.8. The Balaban J connectivity index is 2.41. The molecule has 0 bridgehead atoms. The predicted molar refractivity (Wildman–Crippen MR) is 81.8 cm³/mol. The number of aromatic nitrogens is 1. The third-order valence-electron chi connectivity index (χ3n) is 2.82. The van der Waals surface area contributed by atoms with Crippen LogP contribution in [0, 0.1) is 0 Å². The number of carbonyl (C=O) groups excluding carboxylic acids is 1. The van der Waals surface area contributed by atoms with Gasteiger partial charge in [0.25, 0.3) is 5.91 Å². The Bertz CT molecular complexity index is 564. The third kappa shape index (κ3) is 6.18. The van der Waals surface area contributed by atoms with E-state index in [9.17, 15) is 9.59 Å². The molecule has 0 fully saturated rings. The van der Waals surface area contributed by atoms with Crippen molar-refractivity contribution in [1.82, 2.24) is 10.3 Å². The quantitative estimate of drug-likeness (QED) is 0.784. The lowest BCUT2D eigenvalue weighted by Gasteiger charge is -2.03. The van der Waals surface area contributed by atoms with E-state index in [-0.39, 0.29) is 17.2 Å². The maximum atomic E-state index is 11.8. The maximum Gasteiger partial charge on any atom is 0.268 e. The minimum atomic E-state index is -0.272. The highest BCUT2D eigenvalue weighted by atomic mass is 16.2. The van der Waals surface area contributed by atoms with Crippen molar-refractivity contribution in [1.29, 1.82) is 0 Å². The summed E-state index contributed by atoms with van der Waals surface area (Å²) in [5.74, 6) is -0.268. The lowest BCUT2D eigenvalue weighted by Crippen LogP contribution is -2.26. The van der Waals surface area contributed by atoms with Crippen molar-refractivity contribution in [3.8, 4) is 0 Å². The first-order valence-corrected chi connectivity index (χ1v) is 6.75. The Labute approximate surface area is 119 Å². The predicted octanol–water partition coefficient (Wildman–Crippen LogP) is 2.80. The van der Waals surface area contributed by atoms with Crippen LogP contribution in [0.15, 0.2) is 46.3 Å². The monoisotopic (exact) mass is 274 g/mol. The number of hydrogen-bond acceptors (Lipinski definition) is 2. The molecule has 1 aromatic rings. The van der Waals surface area contributed by atoms with Gasteiger partial charge in [0, 0.05) is 12.6 Å². The Kier molecular flexibility index (Phi) is 6.50. The molecule has 4 heteroatoms. The summed E-state index contributed by atoms with van der Waals surface area (Å²) in [6.07, 6.45) is 6.20. The summed E-state index contributed by atoms with van der Waals surface area (Å²) in [7, 11) is 0. The van der Waals surface area contributed by atoms with Gasteiger partial charge in [-0.3, -0.25) is 9.59 Å². The number of pyridine rings is 1. The van der Waals surface area contributed by atoms with E-state index < -0.39 is 0 Å². The minimum Gasteiger partial charge on any atom is -0.347 e. The van der Waals surface area contributed by atoms with Crippen molar-refractivity contribution in [2.45, 2.75) is 33.6 Å². The molecule has 20 heavy (non-hydrogen) atoms.